The van der Waals surface area contributed by atoms with Crippen molar-refractivity contribution in [3.05, 3.63) is 49.3 Å². The van der Waals surface area contributed by atoms with Gasteiger partial charge in [0.2, 0.25) is 11.6 Å². The minimum atomic E-state index is -4.32. The molecule has 43 heavy (non-hydrogen) atoms. The van der Waals surface area contributed by atoms with Crippen molar-refractivity contribution < 1.29 is 37.4 Å². The highest BCUT2D eigenvalue weighted by atomic mass is 31.2. The third-order valence-corrected chi connectivity index (χ3v) is 8.49. The van der Waals surface area contributed by atoms with Crippen LogP contribution in [0.4, 0.5) is 16.2 Å². The third-order valence-electron chi connectivity index (χ3n) is 6.84. The molecule has 0 radical (unpaired) electrons. The predicted octanol–water partition coefficient (Wildman–Crippen LogP) is 3.27. The number of anilines is 2. The number of esters is 1. The van der Waals surface area contributed by atoms with Crippen molar-refractivity contribution in [3.8, 4) is 5.75 Å². The summed E-state index contributed by atoms with van der Waals surface area (Å²) in [6.45, 7) is 7.75. The van der Waals surface area contributed by atoms with Gasteiger partial charge < -0.3 is 30.2 Å². The maximum Gasteiger partial charge on any atom is 0.459 e. The highest BCUT2D eigenvalue weighted by Crippen LogP contribution is 2.48. The lowest BCUT2D eigenvalue weighted by molar-refractivity contribution is -0.149. The Hall–Kier alpha value is -3.62. The molecule has 16 heteroatoms. The zero-order valence-corrected chi connectivity index (χ0v) is 24.8. The maximum absolute atomic E-state index is 16.4. The van der Waals surface area contributed by atoms with Crippen molar-refractivity contribution in [2.75, 3.05) is 17.7 Å². The van der Waals surface area contributed by atoms with Gasteiger partial charge in [-0.05, 0) is 51.8 Å². The molecule has 6 atom stereocenters. The van der Waals surface area contributed by atoms with Crippen molar-refractivity contribution in [2.24, 2.45) is 0 Å². The lowest BCUT2D eigenvalue weighted by atomic mass is 9.96. The van der Waals surface area contributed by atoms with E-state index < -0.39 is 56.6 Å². The summed E-state index contributed by atoms with van der Waals surface area (Å²) in [6, 6.07) is 7.26. The van der Waals surface area contributed by atoms with E-state index in [1.54, 1.807) is 44.2 Å². The van der Waals surface area contributed by atoms with Gasteiger partial charge >= 0.3 is 13.7 Å². The second-order valence-corrected chi connectivity index (χ2v) is 12.4. The lowest BCUT2D eigenvalue weighted by Crippen LogP contribution is -2.42. The smallest absolute Gasteiger partial charge is 0.459 e. The summed E-state index contributed by atoms with van der Waals surface area (Å²) < 4.78 is 54.0. The van der Waals surface area contributed by atoms with E-state index in [1.165, 1.54) is 17.8 Å². The minimum absolute atomic E-state index is 0.0610. The van der Waals surface area contributed by atoms with Crippen LogP contribution in [0.1, 0.15) is 39.8 Å². The summed E-state index contributed by atoms with van der Waals surface area (Å²) in [6.07, 6.45) is -0.912. The van der Waals surface area contributed by atoms with Crippen LogP contribution in [0.3, 0.4) is 0 Å². The number of benzene rings is 1. The molecular formula is C27H35FN7O7P. The number of carbonyl (C=O) groups is 1. The molecular weight excluding hydrogens is 584 g/mol. The molecule has 3 heterocycles. The highest BCUT2D eigenvalue weighted by Gasteiger charge is 2.57. The van der Waals surface area contributed by atoms with Gasteiger partial charge in [0.1, 0.15) is 24.0 Å². The summed E-state index contributed by atoms with van der Waals surface area (Å²) in [4.78, 5) is 25.2. The Morgan fingerprint density at radius 2 is 2.05 bits per heavy atom. The molecule has 5 N–H and O–H groups in total. The van der Waals surface area contributed by atoms with E-state index in [2.05, 4.69) is 31.9 Å². The number of para-hydroxylation sites is 1. The Labute approximate surface area is 247 Å². The SMILES string of the molecule is C=C[C@@]1(F)[C@H](O)C(COP(=O)(N[C@@H](C)C(=O)OC(C)C)Oc2ccccc2)O[C@H]1n1cnc2c(NC3CC3)nc(N)nc21. The number of carbonyl (C=O) groups excluding carboxylic acids is 1. The number of hydrogen-bond acceptors (Lipinski definition) is 12. The zero-order valence-electron chi connectivity index (χ0n) is 23.9. The summed E-state index contributed by atoms with van der Waals surface area (Å²) >= 11 is 0. The van der Waals surface area contributed by atoms with Crippen molar-refractivity contribution in [2.45, 2.75) is 75.9 Å². The Kier molecular flexibility index (Phi) is 8.72. The molecule has 1 saturated carbocycles. The molecule has 2 aromatic heterocycles. The van der Waals surface area contributed by atoms with Crippen LogP contribution in [0.25, 0.3) is 11.2 Å². The summed E-state index contributed by atoms with van der Waals surface area (Å²) in [5, 5.41) is 16.8. The van der Waals surface area contributed by atoms with Gasteiger partial charge in [0.25, 0.3) is 0 Å². The first kappa shape index (κ1) is 30.8. The van der Waals surface area contributed by atoms with Crippen molar-refractivity contribution in [3.63, 3.8) is 0 Å². The number of hydrogen-bond donors (Lipinski definition) is 4. The molecule has 0 amide bonds. The van der Waals surface area contributed by atoms with Gasteiger partial charge in [0.05, 0.1) is 19.0 Å². The van der Waals surface area contributed by atoms with Crippen LogP contribution >= 0.6 is 7.75 Å². The van der Waals surface area contributed by atoms with Gasteiger partial charge in [-0.3, -0.25) is 13.9 Å². The fourth-order valence-electron chi connectivity index (χ4n) is 4.54. The number of aliphatic hydroxyl groups is 1. The number of nitrogens with one attached hydrogen (secondary N) is 2. The Morgan fingerprint density at radius 1 is 1.33 bits per heavy atom. The van der Waals surface area contributed by atoms with E-state index in [9.17, 15) is 14.5 Å². The van der Waals surface area contributed by atoms with Crippen molar-refractivity contribution >= 4 is 36.6 Å². The number of nitrogens with zero attached hydrogens (tertiary/aromatic N) is 4. The fourth-order valence-corrected chi connectivity index (χ4v) is 6.04. The average molecular weight is 620 g/mol. The lowest BCUT2D eigenvalue weighted by Gasteiger charge is -2.26. The van der Waals surface area contributed by atoms with Crippen molar-refractivity contribution in [1.82, 2.24) is 24.6 Å². The number of nitrogen functional groups attached to an aromatic ring is 1. The number of rotatable bonds is 13. The van der Waals surface area contributed by atoms with Gasteiger partial charge in [0.15, 0.2) is 23.2 Å². The minimum Gasteiger partial charge on any atom is -0.462 e. The second kappa shape index (κ2) is 12.2. The molecule has 0 spiro atoms. The monoisotopic (exact) mass is 619 g/mol. The van der Waals surface area contributed by atoms with E-state index >= 15 is 4.39 Å². The van der Waals surface area contributed by atoms with Gasteiger partial charge in [-0.25, -0.2) is 13.9 Å². The highest BCUT2D eigenvalue weighted by molar-refractivity contribution is 7.52. The summed E-state index contributed by atoms with van der Waals surface area (Å²) in [5.74, 6) is -0.169. The normalized spacial score (nSPS) is 25.8. The van der Waals surface area contributed by atoms with Gasteiger partial charge in [-0.1, -0.05) is 24.8 Å². The fraction of sp³-hybridized carbons (Fsp3) is 0.481. The molecule has 1 aromatic carbocycles. The number of aliphatic hydroxyl groups excluding tert-OH is 1. The standard InChI is InChI=1S/C27H35FN7O7P/c1-5-27(28)21(36)19(41-25(27)35-14-30-20-22(31-17-11-12-17)32-26(29)33-23(20)35)13-39-43(38,42-18-9-7-6-8-10-18)34-16(4)24(37)40-15(2)3/h5-10,14-17,19,21,25,36H,1,11-13H2,2-4H3,(H,34,38)(H3,29,31,32,33)/t16-,19?,21+,25+,27+,43?/m0/s1. The molecule has 2 unspecified atom stereocenters. The number of alkyl halides is 1. The van der Waals surface area contributed by atoms with Gasteiger partial charge in [-0.2, -0.15) is 15.1 Å². The number of imidazole rings is 1. The second-order valence-electron chi connectivity index (χ2n) is 10.7. The summed E-state index contributed by atoms with van der Waals surface area (Å²) in [7, 11) is -4.32. The van der Waals surface area contributed by atoms with Crippen LogP contribution in [-0.2, 0) is 23.4 Å². The largest absolute Gasteiger partial charge is 0.462 e. The van der Waals surface area contributed by atoms with E-state index in [0.29, 0.717) is 11.3 Å². The van der Waals surface area contributed by atoms with Crippen LogP contribution < -0.4 is 20.7 Å². The quantitative estimate of drug-likeness (QED) is 0.124. The maximum atomic E-state index is 16.4. The first-order valence-electron chi connectivity index (χ1n) is 13.8. The predicted molar refractivity (Wildman–Crippen MR) is 155 cm³/mol. The van der Waals surface area contributed by atoms with Crippen LogP contribution in [0.15, 0.2) is 49.3 Å². The van der Waals surface area contributed by atoms with Gasteiger partial charge in [0, 0.05) is 6.04 Å². The molecule has 14 nitrogen and oxygen atoms in total. The molecule has 5 rings (SSSR count). The average Bonchev–Trinajstić information content (AvgIpc) is 3.62. The Balaban J connectivity index is 1.38. The number of nitrogens with two attached hydrogens (primary N) is 1. The number of aromatic nitrogens is 4. The van der Waals surface area contributed by atoms with Crippen LogP contribution in [-0.4, -0.2) is 73.3 Å². The number of halogens is 1. The third kappa shape index (κ3) is 6.65. The van der Waals surface area contributed by atoms with E-state index in [1.807, 2.05) is 0 Å². The zero-order chi connectivity index (χ0) is 30.9. The van der Waals surface area contributed by atoms with Crippen LogP contribution in [0.5, 0.6) is 5.75 Å². The molecule has 232 valence electrons. The van der Waals surface area contributed by atoms with Gasteiger partial charge in [-0.15, -0.1) is 0 Å². The molecule has 2 aliphatic rings. The molecule has 1 aliphatic carbocycles. The molecule has 3 aromatic rings. The Morgan fingerprint density at radius 3 is 2.70 bits per heavy atom. The van der Waals surface area contributed by atoms with Crippen LogP contribution in [0.2, 0.25) is 0 Å². The first-order valence-corrected chi connectivity index (χ1v) is 15.4. The van der Waals surface area contributed by atoms with Crippen molar-refractivity contribution in [1.29, 1.82) is 0 Å². The first-order chi connectivity index (χ1) is 20.4. The van der Waals surface area contributed by atoms with Crippen LogP contribution in [0, 0.1) is 0 Å². The topological polar surface area (TPSA) is 185 Å². The number of ether oxygens (including phenoxy) is 2. The molecule has 1 aliphatic heterocycles. The Bertz CT molecular complexity index is 1520. The molecule has 0 bridgehead atoms. The summed E-state index contributed by atoms with van der Waals surface area (Å²) in [5.41, 5.74) is 3.91. The van der Waals surface area contributed by atoms with E-state index in [0.717, 1.165) is 18.9 Å². The van der Waals surface area contributed by atoms with E-state index in [4.69, 9.17) is 24.3 Å². The molecule has 1 saturated heterocycles. The number of fused-ring (bicyclic) bond motifs is 1. The molecule has 2 fully saturated rings. The van der Waals surface area contributed by atoms with E-state index in [-0.39, 0.29) is 23.4 Å².